The highest BCUT2D eigenvalue weighted by atomic mass is 79.9. The summed E-state index contributed by atoms with van der Waals surface area (Å²) in [5.41, 5.74) is -0.282. The fraction of sp³-hybridized carbons (Fsp3) is 0. The van der Waals surface area contributed by atoms with Crippen molar-refractivity contribution < 1.29 is 14.6 Å². The molecule has 2 N–H and O–H groups in total. The zero-order chi connectivity index (χ0) is 11.5. The molecule has 82 valence electrons. The first-order valence-electron chi connectivity index (χ1n) is 4.11. The molecule has 0 amide bonds. The zero-order valence-electron chi connectivity index (χ0n) is 7.72. The molecular formula is C8H5BrN4O3. The minimum absolute atomic E-state index is 0.0406. The number of pyridine rings is 1. The van der Waals surface area contributed by atoms with Crippen LogP contribution in [0.5, 0.6) is 11.6 Å². The topological polar surface area (TPSA) is 101 Å². The van der Waals surface area contributed by atoms with Crippen molar-refractivity contribution in [2.24, 2.45) is 0 Å². The number of aromatic nitrogens is 4. The Labute approximate surface area is 97.6 Å². The number of nitrogens with one attached hydrogen (secondary N) is 1. The molecule has 0 aliphatic rings. The normalized spacial score (nSPS) is 10.1. The van der Waals surface area contributed by atoms with Gasteiger partial charge in [-0.25, -0.2) is 14.9 Å². The molecule has 0 spiro atoms. The first-order valence-corrected chi connectivity index (χ1v) is 4.90. The van der Waals surface area contributed by atoms with Gasteiger partial charge >= 0.3 is 5.97 Å². The number of hydrogen-bond donors (Lipinski definition) is 2. The summed E-state index contributed by atoms with van der Waals surface area (Å²) in [5.74, 6) is -0.888. The number of ether oxygens (including phenoxy) is 1. The van der Waals surface area contributed by atoms with Crippen molar-refractivity contribution in [3.63, 3.8) is 0 Å². The summed E-state index contributed by atoms with van der Waals surface area (Å²) in [5, 5.41) is 17.9. The second kappa shape index (κ2) is 4.27. The number of carbonyl (C=O) groups is 1. The van der Waals surface area contributed by atoms with E-state index in [2.05, 4.69) is 36.3 Å². The molecule has 0 aliphatic heterocycles. The third-order valence-corrected chi connectivity index (χ3v) is 2.25. The number of halogens is 1. The number of aromatic amines is 1. The highest BCUT2D eigenvalue weighted by molar-refractivity contribution is 9.10. The van der Waals surface area contributed by atoms with E-state index >= 15 is 0 Å². The van der Waals surface area contributed by atoms with E-state index < -0.39 is 5.97 Å². The summed E-state index contributed by atoms with van der Waals surface area (Å²) in [6.45, 7) is 0. The Kier molecular flexibility index (Phi) is 2.82. The lowest BCUT2D eigenvalue weighted by molar-refractivity contribution is 0.0687. The van der Waals surface area contributed by atoms with E-state index in [1.54, 1.807) is 18.3 Å². The zero-order valence-corrected chi connectivity index (χ0v) is 9.30. The van der Waals surface area contributed by atoms with Gasteiger partial charge in [-0.15, -0.1) is 5.10 Å². The molecule has 0 fully saturated rings. The third-order valence-electron chi connectivity index (χ3n) is 1.66. The molecule has 8 heteroatoms. The predicted molar refractivity (Wildman–Crippen MR) is 55.4 cm³/mol. The minimum atomic E-state index is -1.22. The maximum atomic E-state index is 10.7. The number of carboxylic acid groups (broad SMARTS) is 1. The minimum Gasteiger partial charge on any atom is -0.476 e. The van der Waals surface area contributed by atoms with Crippen molar-refractivity contribution in [2.45, 2.75) is 0 Å². The summed E-state index contributed by atoms with van der Waals surface area (Å²) >= 11 is 3.17. The first kappa shape index (κ1) is 10.6. The monoisotopic (exact) mass is 284 g/mol. The summed E-state index contributed by atoms with van der Waals surface area (Å²) < 4.78 is 5.73. The summed E-state index contributed by atoms with van der Waals surface area (Å²) in [6.07, 6.45) is 1.57. The van der Waals surface area contributed by atoms with Gasteiger partial charge in [0.05, 0.1) is 0 Å². The molecule has 2 aromatic rings. The van der Waals surface area contributed by atoms with E-state index in [0.29, 0.717) is 10.4 Å². The SMILES string of the molecule is O=C(O)c1nn[nH]c1Oc1cccnc1Br. The number of carboxylic acids is 1. The molecule has 2 heterocycles. The van der Waals surface area contributed by atoms with Gasteiger partial charge in [-0.2, -0.15) is 0 Å². The molecule has 2 aromatic heterocycles. The lowest BCUT2D eigenvalue weighted by Gasteiger charge is -2.03. The van der Waals surface area contributed by atoms with Crippen LogP contribution in [0.2, 0.25) is 0 Å². The number of H-pyrrole nitrogens is 1. The predicted octanol–water partition coefficient (Wildman–Crippen LogP) is 1.45. The Balaban J connectivity index is 2.31. The maximum Gasteiger partial charge on any atom is 0.362 e. The Morgan fingerprint density at radius 3 is 3.06 bits per heavy atom. The number of nitrogens with zero attached hydrogens (tertiary/aromatic N) is 3. The van der Waals surface area contributed by atoms with Crippen LogP contribution in [-0.4, -0.2) is 31.5 Å². The van der Waals surface area contributed by atoms with Crippen LogP contribution in [0.1, 0.15) is 10.5 Å². The van der Waals surface area contributed by atoms with Crippen molar-refractivity contribution in [2.75, 3.05) is 0 Å². The fourth-order valence-corrected chi connectivity index (χ4v) is 1.32. The molecule has 0 saturated carbocycles. The van der Waals surface area contributed by atoms with Crippen molar-refractivity contribution in [1.29, 1.82) is 0 Å². The molecule has 0 saturated heterocycles. The van der Waals surface area contributed by atoms with Gasteiger partial charge in [-0.05, 0) is 28.1 Å². The van der Waals surface area contributed by atoms with Crippen LogP contribution in [0.15, 0.2) is 22.9 Å². The number of aromatic carboxylic acids is 1. The molecule has 16 heavy (non-hydrogen) atoms. The first-order chi connectivity index (χ1) is 7.68. The average molecular weight is 285 g/mol. The summed E-state index contributed by atoms with van der Waals surface area (Å²) in [7, 11) is 0. The van der Waals surface area contributed by atoms with Crippen LogP contribution in [0.4, 0.5) is 0 Å². The van der Waals surface area contributed by atoms with Gasteiger partial charge in [0, 0.05) is 6.20 Å². The molecule has 0 aromatic carbocycles. The summed E-state index contributed by atoms with van der Waals surface area (Å²) in [4.78, 5) is 14.7. The lowest BCUT2D eigenvalue weighted by atomic mass is 10.4. The molecule has 0 unspecified atom stereocenters. The van der Waals surface area contributed by atoms with Gasteiger partial charge < -0.3 is 9.84 Å². The van der Waals surface area contributed by atoms with E-state index in [1.165, 1.54) is 0 Å². The van der Waals surface area contributed by atoms with Crippen LogP contribution < -0.4 is 4.74 Å². The van der Waals surface area contributed by atoms with Crippen LogP contribution in [0.25, 0.3) is 0 Å². The highest BCUT2D eigenvalue weighted by Crippen LogP contribution is 2.27. The number of hydrogen-bond acceptors (Lipinski definition) is 5. The largest absolute Gasteiger partial charge is 0.476 e. The molecule has 0 bridgehead atoms. The Morgan fingerprint density at radius 1 is 1.56 bits per heavy atom. The fourth-order valence-electron chi connectivity index (χ4n) is 0.987. The second-order valence-corrected chi connectivity index (χ2v) is 3.44. The van der Waals surface area contributed by atoms with E-state index in [4.69, 9.17) is 9.84 Å². The maximum absolute atomic E-state index is 10.7. The molecule has 0 aliphatic carbocycles. The highest BCUT2D eigenvalue weighted by Gasteiger charge is 2.17. The molecule has 0 radical (unpaired) electrons. The Hall–Kier alpha value is -1.96. The second-order valence-electron chi connectivity index (χ2n) is 2.69. The standard InChI is InChI=1S/C8H5BrN4O3/c9-6-4(2-1-3-10-6)16-7-5(8(14)15)11-13-12-7/h1-3H,(H,14,15)(H,11,12,13). The van der Waals surface area contributed by atoms with Crippen molar-refractivity contribution in [3.05, 3.63) is 28.6 Å². The Bertz CT molecular complexity index is 528. The van der Waals surface area contributed by atoms with Crippen molar-refractivity contribution in [3.8, 4) is 11.6 Å². The van der Waals surface area contributed by atoms with E-state index in [0.717, 1.165) is 0 Å². The van der Waals surface area contributed by atoms with Crippen LogP contribution in [0.3, 0.4) is 0 Å². The molecular weight excluding hydrogens is 280 g/mol. The molecule has 2 rings (SSSR count). The van der Waals surface area contributed by atoms with E-state index in [1.807, 2.05) is 0 Å². The van der Waals surface area contributed by atoms with Crippen LogP contribution in [0, 0.1) is 0 Å². The van der Waals surface area contributed by atoms with Gasteiger partial charge in [0.25, 0.3) is 5.88 Å². The van der Waals surface area contributed by atoms with Crippen molar-refractivity contribution >= 4 is 21.9 Å². The van der Waals surface area contributed by atoms with Gasteiger partial charge in [0.2, 0.25) is 5.69 Å². The smallest absolute Gasteiger partial charge is 0.362 e. The van der Waals surface area contributed by atoms with E-state index in [9.17, 15) is 4.79 Å². The number of rotatable bonds is 3. The third kappa shape index (κ3) is 2.01. The van der Waals surface area contributed by atoms with Gasteiger partial charge in [-0.1, -0.05) is 5.21 Å². The molecule has 7 nitrogen and oxygen atoms in total. The quantitative estimate of drug-likeness (QED) is 0.828. The van der Waals surface area contributed by atoms with Crippen LogP contribution >= 0.6 is 15.9 Å². The van der Waals surface area contributed by atoms with E-state index in [-0.39, 0.29) is 11.6 Å². The summed E-state index contributed by atoms with van der Waals surface area (Å²) in [6, 6.07) is 3.29. The van der Waals surface area contributed by atoms with Crippen molar-refractivity contribution in [1.82, 2.24) is 20.4 Å². The molecule has 0 atom stereocenters. The van der Waals surface area contributed by atoms with Gasteiger partial charge in [-0.3, -0.25) is 0 Å². The van der Waals surface area contributed by atoms with Gasteiger partial charge in [0.15, 0.2) is 5.75 Å². The van der Waals surface area contributed by atoms with Crippen LogP contribution in [-0.2, 0) is 0 Å². The Morgan fingerprint density at radius 2 is 2.38 bits per heavy atom. The van der Waals surface area contributed by atoms with Gasteiger partial charge in [0.1, 0.15) is 4.60 Å². The average Bonchev–Trinajstić information content (AvgIpc) is 2.69. The lowest BCUT2D eigenvalue weighted by Crippen LogP contribution is -2.00.